The number of amides is 1. The Kier molecular flexibility index (Phi) is 5.11. The Bertz CT molecular complexity index is 610. The summed E-state index contributed by atoms with van der Waals surface area (Å²) in [6, 6.07) is 0. The van der Waals surface area contributed by atoms with Crippen molar-refractivity contribution in [2.75, 3.05) is 26.3 Å². The summed E-state index contributed by atoms with van der Waals surface area (Å²) in [5.41, 5.74) is 0.589. The first-order chi connectivity index (χ1) is 10.8. The molecular weight excluding hydrogens is 300 g/mol. The van der Waals surface area contributed by atoms with Gasteiger partial charge in [0, 0.05) is 12.2 Å². The number of rotatable bonds is 4. The van der Waals surface area contributed by atoms with Crippen LogP contribution in [0.2, 0.25) is 0 Å². The van der Waals surface area contributed by atoms with E-state index >= 15 is 0 Å². The maximum atomic E-state index is 12.8. The maximum absolute atomic E-state index is 12.8. The van der Waals surface area contributed by atoms with E-state index in [4.69, 9.17) is 4.74 Å². The van der Waals surface area contributed by atoms with Crippen LogP contribution in [0, 0.1) is 13.8 Å². The largest absolute Gasteiger partial charge is 0.461 e. The van der Waals surface area contributed by atoms with Gasteiger partial charge in [-0.3, -0.25) is 4.79 Å². The third-order valence-electron chi connectivity index (χ3n) is 4.27. The van der Waals surface area contributed by atoms with Crippen LogP contribution in [0.1, 0.15) is 51.9 Å². The van der Waals surface area contributed by atoms with Crippen LogP contribution in [0.15, 0.2) is 0 Å². The fourth-order valence-electron chi connectivity index (χ4n) is 3.05. The average Bonchev–Trinajstić information content (AvgIpc) is 2.82. The van der Waals surface area contributed by atoms with Crippen LogP contribution in [0.3, 0.4) is 0 Å². The molecule has 23 heavy (non-hydrogen) atoms. The van der Waals surface area contributed by atoms with Gasteiger partial charge < -0.3 is 24.8 Å². The second-order valence-corrected chi connectivity index (χ2v) is 6.06. The molecular formula is C16H24N2O5. The lowest BCUT2D eigenvalue weighted by Gasteiger charge is -2.38. The Morgan fingerprint density at radius 3 is 2.70 bits per heavy atom. The second kappa shape index (κ2) is 6.72. The predicted molar refractivity (Wildman–Crippen MR) is 83.4 cm³/mol. The lowest BCUT2D eigenvalue weighted by molar-refractivity contribution is -0.0598. The minimum absolute atomic E-state index is 0.0845. The number of carbonyl (C=O) groups is 2. The molecule has 1 aliphatic heterocycles. The fraction of sp³-hybridized carbons (Fsp3) is 0.625. The van der Waals surface area contributed by atoms with Crippen molar-refractivity contribution in [2.45, 2.75) is 39.2 Å². The minimum atomic E-state index is -1.25. The lowest BCUT2D eigenvalue weighted by Crippen LogP contribution is -2.52. The van der Waals surface area contributed by atoms with Gasteiger partial charge >= 0.3 is 5.97 Å². The minimum Gasteiger partial charge on any atom is -0.461 e. The van der Waals surface area contributed by atoms with Crippen LogP contribution < -0.4 is 0 Å². The number of β-amino-alcohol motifs (C(OH)–C–C–N with tert-alkyl or cyclic N) is 1. The number of aliphatic hydroxyl groups is 2. The van der Waals surface area contributed by atoms with Gasteiger partial charge in [-0.1, -0.05) is 0 Å². The van der Waals surface area contributed by atoms with E-state index < -0.39 is 11.6 Å². The van der Waals surface area contributed by atoms with E-state index in [2.05, 4.69) is 4.98 Å². The van der Waals surface area contributed by atoms with E-state index in [0.717, 1.165) is 0 Å². The van der Waals surface area contributed by atoms with E-state index in [1.165, 1.54) is 4.90 Å². The molecule has 1 atom stereocenters. The van der Waals surface area contributed by atoms with Crippen LogP contribution in [-0.4, -0.2) is 63.9 Å². The zero-order valence-electron chi connectivity index (χ0n) is 13.8. The Hall–Kier alpha value is -1.86. The number of hydrogen-bond acceptors (Lipinski definition) is 5. The first-order valence-corrected chi connectivity index (χ1v) is 7.81. The summed E-state index contributed by atoms with van der Waals surface area (Å²) in [4.78, 5) is 29.2. The van der Waals surface area contributed by atoms with Gasteiger partial charge in [0.2, 0.25) is 0 Å². The molecule has 2 heterocycles. The second-order valence-electron chi connectivity index (χ2n) is 6.06. The highest BCUT2D eigenvalue weighted by molar-refractivity contribution is 6.01. The Labute approximate surface area is 135 Å². The number of H-pyrrole nitrogens is 1. The number of aromatic nitrogens is 1. The van der Waals surface area contributed by atoms with E-state index in [0.29, 0.717) is 36.2 Å². The van der Waals surface area contributed by atoms with Gasteiger partial charge in [-0.2, -0.15) is 0 Å². The summed E-state index contributed by atoms with van der Waals surface area (Å²) in [6.07, 6.45) is 1.09. The third kappa shape index (κ3) is 3.40. The number of nitrogens with one attached hydrogen (secondary N) is 1. The molecule has 1 saturated heterocycles. The third-order valence-corrected chi connectivity index (χ3v) is 4.27. The highest BCUT2D eigenvalue weighted by Crippen LogP contribution is 2.25. The number of hydrogen-bond donors (Lipinski definition) is 3. The molecule has 1 aromatic heterocycles. The summed E-state index contributed by atoms with van der Waals surface area (Å²) < 4.78 is 4.98. The van der Waals surface area contributed by atoms with Crippen LogP contribution in [0.5, 0.6) is 0 Å². The molecule has 1 aliphatic rings. The number of likely N-dealkylation sites (tertiary alicyclic amines) is 1. The maximum Gasteiger partial charge on any atom is 0.355 e. The van der Waals surface area contributed by atoms with Gasteiger partial charge in [0.05, 0.1) is 25.3 Å². The van der Waals surface area contributed by atoms with Crippen molar-refractivity contribution in [3.05, 3.63) is 22.5 Å². The molecule has 2 rings (SSSR count). The molecule has 3 N–H and O–H groups in total. The highest BCUT2D eigenvalue weighted by Gasteiger charge is 2.36. The average molecular weight is 324 g/mol. The van der Waals surface area contributed by atoms with Crippen molar-refractivity contribution in [1.29, 1.82) is 0 Å². The van der Waals surface area contributed by atoms with Gasteiger partial charge in [-0.05, 0) is 39.2 Å². The number of aromatic amines is 1. The van der Waals surface area contributed by atoms with Crippen molar-refractivity contribution in [2.24, 2.45) is 0 Å². The summed E-state index contributed by atoms with van der Waals surface area (Å²) >= 11 is 0. The summed E-state index contributed by atoms with van der Waals surface area (Å²) in [7, 11) is 0. The first-order valence-electron chi connectivity index (χ1n) is 7.81. The Balaban J connectivity index is 2.28. The number of piperidine rings is 1. The zero-order chi connectivity index (χ0) is 17.2. The molecule has 1 fully saturated rings. The number of aliphatic hydroxyl groups excluding tert-OH is 1. The molecule has 0 aromatic carbocycles. The van der Waals surface area contributed by atoms with Crippen LogP contribution in [-0.2, 0) is 4.74 Å². The first kappa shape index (κ1) is 17.5. The van der Waals surface area contributed by atoms with Crippen LogP contribution in [0.25, 0.3) is 0 Å². The van der Waals surface area contributed by atoms with E-state index in [1.807, 2.05) is 0 Å². The quantitative estimate of drug-likeness (QED) is 0.710. The van der Waals surface area contributed by atoms with Crippen molar-refractivity contribution in [3.8, 4) is 0 Å². The van der Waals surface area contributed by atoms with E-state index in [-0.39, 0.29) is 31.4 Å². The monoisotopic (exact) mass is 324 g/mol. The molecule has 1 aromatic rings. The standard InChI is InChI=1S/C16H24N2O5/c1-4-23-15(21)13-10(2)12(11(3)17-13)14(20)18-7-5-6-16(22,8-18)9-19/h17,19,22H,4-9H2,1-3H3/t16-/m1/s1. The molecule has 7 heteroatoms. The number of ether oxygens (including phenoxy) is 1. The number of carbonyl (C=O) groups excluding carboxylic acids is 2. The summed E-state index contributed by atoms with van der Waals surface area (Å²) in [5.74, 6) is -0.740. The van der Waals surface area contributed by atoms with Gasteiger partial charge in [0.25, 0.3) is 5.91 Å². The topological polar surface area (TPSA) is 103 Å². The molecule has 0 unspecified atom stereocenters. The number of nitrogens with zero attached hydrogens (tertiary/aromatic N) is 1. The zero-order valence-corrected chi connectivity index (χ0v) is 13.8. The van der Waals surface area contributed by atoms with Crippen molar-refractivity contribution >= 4 is 11.9 Å². The van der Waals surface area contributed by atoms with Crippen molar-refractivity contribution in [1.82, 2.24) is 9.88 Å². The molecule has 1 amide bonds. The Morgan fingerprint density at radius 1 is 1.39 bits per heavy atom. The van der Waals surface area contributed by atoms with E-state index in [9.17, 15) is 19.8 Å². The van der Waals surface area contributed by atoms with Gasteiger partial charge in [0.15, 0.2) is 0 Å². The normalized spacial score (nSPS) is 21.3. The molecule has 0 bridgehead atoms. The summed E-state index contributed by atoms with van der Waals surface area (Å²) in [6.45, 7) is 5.63. The Morgan fingerprint density at radius 2 is 2.09 bits per heavy atom. The molecule has 0 radical (unpaired) electrons. The van der Waals surface area contributed by atoms with E-state index in [1.54, 1.807) is 20.8 Å². The molecule has 0 aliphatic carbocycles. The van der Waals surface area contributed by atoms with Gasteiger partial charge in [-0.25, -0.2) is 4.79 Å². The molecule has 7 nitrogen and oxygen atoms in total. The molecule has 0 spiro atoms. The highest BCUT2D eigenvalue weighted by atomic mass is 16.5. The molecule has 128 valence electrons. The number of esters is 1. The van der Waals surface area contributed by atoms with Crippen LogP contribution >= 0.6 is 0 Å². The molecule has 0 saturated carbocycles. The van der Waals surface area contributed by atoms with Crippen molar-refractivity contribution < 1.29 is 24.5 Å². The predicted octanol–water partition coefficient (Wildman–Crippen LogP) is 0.768. The smallest absolute Gasteiger partial charge is 0.355 e. The fourth-order valence-corrected chi connectivity index (χ4v) is 3.05. The SMILES string of the molecule is CCOC(=O)c1[nH]c(C)c(C(=O)N2CCC[C@](O)(CO)C2)c1C. The van der Waals surface area contributed by atoms with Gasteiger partial charge in [-0.15, -0.1) is 0 Å². The van der Waals surface area contributed by atoms with Crippen molar-refractivity contribution in [3.63, 3.8) is 0 Å². The lowest BCUT2D eigenvalue weighted by atomic mass is 9.93. The summed E-state index contributed by atoms with van der Waals surface area (Å²) in [5, 5.41) is 19.5. The van der Waals surface area contributed by atoms with Crippen LogP contribution in [0.4, 0.5) is 0 Å². The number of aryl methyl sites for hydroxylation is 1. The van der Waals surface area contributed by atoms with Gasteiger partial charge in [0.1, 0.15) is 11.3 Å².